The van der Waals surface area contributed by atoms with E-state index in [4.69, 9.17) is 4.74 Å². The van der Waals surface area contributed by atoms with Gasteiger partial charge < -0.3 is 9.84 Å². The Hall–Kier alpha value is -1.84. The molecule has 0 fully saturated rings. The average Bonchev–Trinajstić information content (AvgIpc) is 2.17. The van der Waals surface area contributed by atoms with Crippen molar-refractivity contribution in [1.29, 1.82) is 0 Å². The molecular formula is C11H12O4. The summed E-state index contributed by atoms with van der Waals surface area (Å²) in [7, 11) is 0. The second kappa shape index (κ2) is 4.59. The molecule has 1 aromatic rings. The van der Waals surface area contributed by atoms with Gasteiger partial charge in [0.25, 0.3) is 0 Å². The van der Waals surface area contributed by atoms with Gasteiger partial charge in [0, 0.05) is 5.56 Å². The molecule has 4 nitrogen and oxygen atoms in total. The zero-order valence-corrected chi connectivity index (χ0v) is 8.61. The van der Waals surface area contributed by atoms with Crippen molar-refractivity contribution in [2.75, 3.05) is 6.61 Å². The molecule has 0 unspecified atom stereocenters. The number of phenolic OH excluding ortho intramolecular Hbond substituents is 1. The molecule has 0 saturated heterocycles. The molecule has 15 heavy (non-hydrogen) atoms. The molecule has 0 aromatic heterocycles. The summed E-state index contributed by atoms with van der Waals surface area (Å²) in [6, 6.07) is 4.00. The van der Waals surface area contributed by atoms with Crippen LogP contribution in [0.5, 0.6) is 5.75 Å². The third-order valence-corrected chi connectivity index (χ3v) is 1.88. The number of ether oxygens (including phenoxy) is 1. The molecular weight excluding hydrogens is 196 g/mol. The van der Waals surface area contributed by atoms with Gasteiger partial charge in [-0.3, -0.25) is 4.79 Å². The fourth-order valence-electron chi connectivity index (χ4n) is 1.22. The van der Waals surface area contributed by atoms with Crippen molar-refractivity contribution in [2.45, 2.75) is 13.8 Å². The first-order chi connectivity index (χ1) is 7.06. The average molecular weight is 208 g/mol. The van der Waals surface area contributed by atoms with E-state index in [0.717, 1.165) is 0 Å². The Morgan fingerprint density at radius 1 is 1.33 bits per heavy atom. The van der Waals surface area contributed by atoms with Gasteiger partial charge in [-0.15, -0.1) is 0 Å². The minimum atomic E-state index is -0.599. The van der Waals surface area contributed by atoms with E-state index in [9.17, 15) is 14.7 Å². The molecule has 0 saturated carbocycles. The second-order valence-electron chi connectivity index (χ2n) is 3.01. The summed E-state index contributed by atoms with van der Waals surface area (Å²) in [5.41, 5.74) is 0.357. The van der Waals surface area contributed by atoms with Gasteiger partial charge in [-0.2, -0.15) is 0 Å². The lowest BCUT2D eigenvalue weighted by Gasteiger charge is -2.06. The maximum absolute atomic E-state index is 11.4. The van der Waals surface area contributed by atoms with E-state index in [1.807, 2.05) is 0 Å². The Labute approximate surface area is 87.5 Å². The van der Waals surface area contributed by atoms with Gasteiger partial charge in [0.15, 0.2) is 5.78 Å². The third kappa shape index (κ3) is 2.56. The van der Waals surface area contributed by atoms with Crippen LogP contribution < -0.4 is 0 Å². The lowest BCUT2D eigenvalue weighted by Crippen LogP contribution is -2.10. The van der Waals surface area contributed by atoms with Crippen LogP contribution in [0.25, 0.3) is 0 Å². The fourth-order valence-corrected chi connectivity index (χ4v) is 1.22. The topological polar surface area (TPSA) is 63.6 Å². The minimum absolute atomic E-state index is 0.0666. The molecule has 4 heteroatoms. The molecule has 0 heterocycles. The lowest BCUT2D eigenvalue weighted by molar-refractivity contribution is 0.0523. The summed E-state index contributed by atoms with van der Waals surface area (Å²) in [6.45, 7) is 3.26. The molecule has 0 radical (unpaired) electrons. The number of carbonyl (C=O) groups is 2. The molecule has 0 atom stereocenters. The quantitative estimate of drug-likeness (QED) is 0.607. The molecule has 0 spiro atoms. The maximum atomic E-state index is 11.4. The van der Waals surface area contributed by atoms with Crippen molar-refractivity contribution >= 4 is 11.8 Å². The number of rotatable bonds is 3. The van der Waals surface area contributed by atoms with E-state index in [0.29, 0.717) is 0 Å². The summed E-state index contributed by atoms with van der Waals surface area (Å²) in [5.74, 6) is -0.903. The summed E-state index contributed by atoms with van der Waals surface area (Å²) in [5, 5.41) is 9.22. The van der Waals surface area contributed by atoms with Crippen LogP contribution in [0, 0.1) is 0 Å². The van der Waals surface area contributed by atoms with E-state index in [1.54, 1.807) is 6.92 Å². The van der Waals surface area contributed by atoms with Crippen molar-refractivity contribution in [2.24, 2.45) is 0 Å². The van der Waals surface area contributed by atoms with Crippen LogP contribution >= 0.6 is 0 Å². The molecule has 0 bridgehead atoms. The van der Waals surface area contributed by atoms with Crippen LogP contribution in [0.1, 0.15) is 34.6 Å². The third-order valence-electron chi connectivity index (χ3n) is 1.88. The lowest BCUT2D eigenvalue weighted by atomic mass is 10.0. The fraction of sp³-hybridized carbons (Fsp3) is 0.273. The maximum Gasteiger partial charge on any atom is 0.338 e. The normalized spacial score (nSPS) is 9.73. The highest BCUT2D eigenvalue weighted by molar-refractivity contribution is 6.05. The standard InChI is InChI=1S/C11H12O4/c1-3-15-11(14)10-6-8(13)4-5-9(10)7(2)12/h4-6,13H,3H2,1-2H3. The van der Waals surface area contributed by atoms with Gasteiger partial charge in [-0.05, 0) is 32.0 Å². The zero-order chi connectivity index (χ0) is 11.4. The highest BCUT2D eigenvalue weighted by Gasteiger charge is 2.15. The molecule has 0 aliphatic heterocycles. The van der Waals surface area contributed by atoms with E-state index in [1.165, 1.54) is 25.1 Å². The molecule has 0 amide bonds. The smallest absolute Gasteiger partial charge is 0.338 e. The summed E-state index contributed by atoms with van der Waals surface area (Å²) in [6.07, 6.45) is 0. The van der Waals surface area contributed by atoms with Crippen molar-refractivity contribution < 1.29 is 19.4 Å². The summed E-state index contributed by atoms with van der Waals surface area (Å²) < 4.78 is 4.77. The molecule has 1 aromatic carbocycles. The second-order valence-corrected chi connectivity index (χ2v) is 3.01. The number of hydrogen-bond donors (Lipinski definition) is 1. The van der Waals surface area contributed by atoms with E-state index >= 15 is 0 Å². The van der Waals surface area contributed by atoms with Crippen molar-refractivity contribution in [3.05, 3.63) is 29.3 Å². The first-order valence-electron chi connectivity index (χ1n) is 4.57. The Morgan fingerprint density at radius 2 is 2.00 bits per heavy atom. The largest absolute Gasteiger partial charge is 0.508 e. The molecule has 0 aliphatic carbocycles. The van der Waals surface area contributed by atoms with Crippen LogP contribution in [-0.2, 0) is 4.74 Å². The van der Waals surface area contributed by atoms with Gasteiger partial charge in [-0.25, -0.2) is 4.79 Å². The van der Waals surface area contributed by atoms with Gasteiger partial charge in [0.05, 0.1) is 12.2 Å². The van der Waals surface area contributed by atoms with Crippen LogP contribution in [-0.4, -0.2) is 23.5 Å². The molecule has 1 N–H and O–H groups in total. The number of carbonyl (C=O) groups excluding carboxylic acids is 2. The summed E-state index contributed by atoms with van der Waals surface area (Å²) >= 11 is 0. The molecule has 0 aliphatic rings. The number of benzene rings is 1. The van der Waals surface area contributed by atoms with E-state index in [2.05, 4.69) is 0 Å². The van der Waals surface area contributed by atoms with Crippen LogP contribution in [0.15, 0.2) is 18.2 Å². The number of phenols is 1. The Balaban J connectivity index is 3.18. The number of hydrogen-bond acceptors (Lipinski definition) is 4. The molecule has 80 valence electrons. The predicted molar refractivity (Wildman–Crippen MR) is 54.1 cm³/mol. The van der Waals surface area contributed by atoms with Crippen molar-refractivity contribution in [3.63, 3.8) is 0 Å². The van der Waals surface area contributed by atoms with Gasteiger partial charge in [-0.1, -0.05) is 0 Å². The highest BCUT2D eigenvalue weighted by atomic mass is 16.5. The van der Waals surface area contributed by atoms with Crippen LogP contribution in [0.4, 0.5) is 0 Å². The SMILES string of the molecule is CCOC(=O)c1cc(O)ccc1C(C)=O. The van der Waals surface area contributed by atoms with Crippen LogP contribution in [0.3, 0.4) is 0 Å². The Kier molecular flexibility index (Phi) is 3.44. The molecule has 1 rings (SSSR count). The van der Waals surface area contributed by atoms with Gasteiger partial charge in [0.2, 0.25) is 0 Å². The first-order valence-corrected chi connectivity index (χ1v) is 4.57. The van der Waals surface area contributed by atoms with Gasteiger partial charge >= 0.3 is 5.97 Å². The first kappa shape index (κ1) is 11.2. The number of esters is 1. The van der Waals surface area contributed by atoms with E-state index < -0.39 is 5.97 Å². The van der Waals surface area contributed by atoms with Crippen molar-refractivity contribution in [1.82, 2.24) is 0 Å². The number of Topliss-reactive ketones (excluding diaryl/α,β-unsaturated/α-hetero) is 1. The predicted octanol–water partition coefficient (Wildman–Crippen LogP) is 1.77. The number of aromatic hydroxyl groups is 1. The van der Waals surface area contributed by atoms with Crippen LogP contribution in [0.2, 0.25) is 0 Å². The van der Waals surface area contributed by atoms with Gasteiger partial charge in [0.1, 0.15) is 5.75 Å². The zero-order valence-electron chi connectivity index (χ0n) is 8.61. The Bertz CT molecular complexity index is 396. The Morgan fingerprint density at radius 3 is 2.53 bits per heavy atom. The highest BCUT2D eigenvalue weighted by Crippen LogP contribution is 2.18. The number of ketones is 1. The van der Waals surface area contributed by atoms with Crippen molar-refractivity contribution in [3.8, 4) is 5.75 Å². The van der Waals surface area contributed by atoms with E-state index in [-0.39, 0.29) is 29.3 Å². The minimum Gasteiger partial charge on any atom is -0.508 e. The summed E-state index contributed by atoms with van der Waals surface area (Å²) in [4.78, 5) is 22.6. The monoisotopic (exact) mass is 208 g/mol.